The number of nitrogens with one attached hydrogen (secondary N) is 5. The van der Waals surface area contributed by atoms with E-state index in [4.69, 9.17) is 17.2 Å². The van der Waals surface area contributed by atoms with E-state index in [9.17, 15) is 48.6 Å². The first kappa shape index (κ1) is 59.3. The van der Waals surface area contributed by atoms with Gasteiger partial charge in [-0.15, -0.1) is 0 Å². The number of hydrogen-bond donors (Lipinski definition) is 10. The van der Waals surface area contributed by atoms with Gasteiger partial charge in [0.25, 0.3) is 0 Å². The van der Waals surface area contributed by atoms with Gasteiger partial charge in [0.2, 0.25) is 35.4 Å². The summed E-state index contributed by atoms with van der Waals surface area (Å²) >= 11 is 0. The number of aliphatic hydroxyl groups excluding tert-OH is 1. The van der Waals surface area contributed by atoms with Crippen LogP contribution in [0.25, 0.3) is 10.8 Å². The van der Waals surface area contributed by atoms with Gasteiger partial charge in [0.05, 0.1) is 30.1 Å². The Hall–Kier alpha value is -5.54. The number of primary amides is 1. The molecule has 1 heterocycles. The lowest BCUT2D eigenvalue weighted by Gasteiger charge is -2.30. The van der Waals surface area contributed by atoms with E-state index in [0.717, 1.165) is 70.0 Å². The Labute approximate surface area is 441 Å². The first-order valence-electron chi connectivity index (χ1n) is 25.8. The van der Waals surface area contributed by atoms with Crippen LogP contribution in [-0.2, 0) is 51.2 Å². The van der Waals surface area contributed by atoms with Crippen molar-refractivity contribution >= 4 is 79.4 Å². The number of benzene rings is 3. The largest absolute Gasteiger partial charge is 0.508 e. The number of hydrogen-bond acceptors (Lipinski definition) is 14. The predicted molar refractivity (Wildman–Crippen MR) is 288 cm³/mol. The van der Waals surface area contributed by atoms with Crippen LogP contribution < -0.4 is 43.8 Å². The maximum absolute atomic E-state index is 14.8. The third kappa shape index (κ3) is 18.4. The van der Waals surface area contributed by atoms with Gasteiger partial charge in [-0.05, 0) is 97.9 Å². The van der Waals surface area contributed by atoms with Crippen molar-refractivity contribution in [2.75, 3.05) is 18.1 Å². The maximum Gasteiger partial charge on any atom is 0.243 e. The van der Waals surface area contributed by atoms with Crippen molar-refractivity contribution in [3.8, 4) is 5.75 Å². The fraction of sp³-hybridized carbons (Fsp3) is 0.556. The Morgan fingerprint density at radius 3 is 2.08 bits per heavy atom. The highest BCUT2D eigenvalue weighted by Gasteiger charge is 2.37. The minimum atomic E-state index is -1.49. The van der Waals surface area contributed by atoms with Gasteiger partial charge >= 0.3 is 0 Å². The Balaban J connectivity index is 1.54. The Kier molecular flexibility index (Phi) is 23.7. The lowest BCUT2D eigenvalue weighted by atomic mass is 9.84. The fourth-order valence-corrected chi connectivity index (χ4v) is 12.0. The van der Waals surface area contributed by atoms with Gasteiger partial charge in [0.15, 0.2) is 11.6 Å². The summed E-state index contributed by atoms with van der Waals surface area (Å²) in [6, 6.07) is 12.5. The third-order valence-electron chi connectivity index (χ3n) is 13.9. The number of fused-ring (bicyclic) bond motifs is 1. The smallest absolute Gasteiger partial charge is 0.243 e. The topological polar surface area (TPSA) is 315 Å². The van der Waals surface area contributed by atoms with Gasteiger partial charge in [-0.1, -0.05) is 122 Å². The van der Waals surface area contributed by atoms with E-state index in [2.05, 4.69) is 26.6 Å². The van der Waals surface area contributed by atoms with Crippen LogP contribution in [0.2, 0.25) is 0 Å². The normalized spacial score (nSPS) is 23.7. The molecule has 1 saturated heterocycles. The lowest BCUT2D eigenvalue weighted by molar-refractivity contribution is -0.136. The van der Waals surface area contributed by atoms with Crippen LogP contribution in [0, 0.1) is 23.7 Å². The summed E-state index contributed by atoms with van der Waals surface area (Å²) < 4.78 is 0. The van der Waals surface area contributed by atoms with Crippen LogP contribution in [0.1, 0.15) is 103 Å². The molecular weight excluding hydrogens is 985 g/mol. The van der Waals surface area contributed by atoms with Crippen LogP contribution >= 0.6 is 21.6 Å². The molecular formula is C54H76N8O10S2. The Morgan fingerprint density at radius 1 is 0.770 bits per heavy atom. The first-order chi connectivity index (χ1) is 35.3. The number of carbonyl (C=O) groups excluding carboxylic acids is 8. The average Bonchev–Trinajstić information content (AvgIpc) is 3.36. The van der Waals surface area contributed by atoms with E-state index in [1.54, 1.807) is 26.0 Å². The predicted octanol–water partition coefficient (Wildman–Crippen LogP) is 3.25. The number of amides is 6. The van der Waals surface area contributed by atoms with Gasteiger partial charge < -0.3 is 54.0 Å². The molecule has 0 unspecified atom stereocenters. The number of carbonyl (C=O) groups is 8. The molecule has 0 spiro atoms. The van der Waals surface area contributed by atoms with Crippen LogP contribution in [0.15, 0.2) is 66.7 Å². The number of aliphatic hydroxyl groups is 1. The van der Waals surface area contributed by atoms with Gasteiger partial charge in [-0.25, -0.2) is 0 Å². The van der Waals surface area contributed by atoms with E-state index >= 15 is 0 Å². The molecule has 13 N–H and O–H groups in total. The van der Waals surface area contributed by atoms with Crippen molar-refractivity contribution in [2.45, 2.75) is 147 Å². The number of phenolic OH excluding ortho intramolecular Hbond substituents is 1. The van der Waals surface area contributed by atoms with E-state index in [0.29, 0.717) is 24.9 Å². The van der Waals surface area contributed by atoms with Crippen LogP contribution in [0.3, 0.4) is 0 Å². The summed E-state index contributed by atoms with van der Waals surface area (Å²) in [6.07, 6.45) is 3.96. The van der Waals surface area contributed by atoms with E-state index in [-0.39, 0.29) is 48.9 Å². The molecule has 18 nitrogen and oxygen atoms in total. The molecule has 3 aromatic rings. The zero-order valence-electron chi connectivity index (χ0n) is 42.7. The lowest BCUT2D eigenvalue weighted by Crippen LogP contribution is -2.57. The van der Waals surface area contributed by atoms with E-state index in [1.165, 1.54) is 19.1 Å². The second-order valence-electron chi connectivity index (χ2n) is 20.2. The minimum Gasteiger partial charge on any atom is -0.508 e. The van der Waals surface area contributed by atoms with Crippen molar-refractivity contribution in [1.29, 1.82) is 0 Å². The molecule has 3 aromatic carbocycles. The first-order valence-corrected chi connectivity index (χ1v) is 28.3. The van der Waals surface area contributed by atoms with E-state index < -0.39 is 120 Å². The number of unbranched alkanes of at least 4 members (excludes halogenated alkanes) is 1. The summed E-state index contributed by atoms with van der Waals surface area (Å²) in [4.78, 5) is 113. The molecule has 5 rings (SSSR count). The van der Waals surface area contributed by atoms with Crippen molar-refractivity contribution in [3.63, 3.8) is 0 Å². The van der Waals surface area contributed by atoms with Crippen molar-refractivity contribution in [3.05, 3.63) is 77.9 Å². The number of aromatic hydroxyl groups is 1. The molecule has 6 amide bonds. The van der Waals surface area contributed by atoms with Gasteiger partial charge in [-0.2, -0.15) is 0 Å². The van der Waals surface area contributed by atoms with Gasteiger partial charge in [0, 0.05) is 30.3 Å². The fourth-order valence-electron chi connectivity index (χ4n) is 9.49. The molecule has 1 saturated carbocycles. The zero-order valence-corrected chi connectivity index (χ0v) is 44.4. The average molecular weight is 1060 g/mol. The molecule has 9 atom stereocenters. The molecule has 2 fully saturated rings. The Morgan fingerprint density at radius 2 is 1.42 bits per heavy atom. The SMILES string of the molecule is CC(C)[C@@H]1NC(=O)[C@H](CCCCN)NC(=O)[C@@H](CC2CCCCC2)NC(=O)[C@H](Cc2ccc(O)cc2)CC(=O)[C@@H](NC(=O)[C@H](N)Cc2ccc3ccccc3c2)CSSC[C@@H](C(=O)N[C@H](C(N)=O)[C@@H](C)O)CC1=O. The van der Waals surface area contributed by atoms with Gasteiger partial charge in [-0.3, -0.25) is 38.4 Å². The standard InChI is InChI=1S/C54H76N8O10S2/c1-31(2)47-46(66)28-39(51(69)62-48(32(3)63)49(57)67)29-73-74-30-44(60-52(70)41(56)25-35-16-19-36-13-7-8-14-37(36)24-35)45(65)27-38(23-34-17-20-40(64)21-18-34)50(68)59-43(26-33-11-5-4-6-12-33)54(72)58-42(53(71)61-47)15-9-10-22-55/h7-8,13-14,16-21,24,31-33,38-39,41-44,47-48,63-64H,4-6,9-12,15,22-23,25-30,55-56H2,1-3H3,(H2,57,67)(H,58,72)(H,59,68)(H,60,70)(H,61,71)(H,62,69)/t32-,38-,39+,41-,42+,43-,44+,47+,48+/m1/s1. The number of Topliss-reactive ketones (excluding diaryl/α,β-unsaturated/α-hetero) is 2. The number of rotatable bonds is 17. The highest BCUT2D eigenvalue weighted by Crippen LogP contribution is 2.30. The second kappa shape index (κ2) is 29.5. The van der Waals surface area contributed by atoms with Crippen LogP contribution in [0.5, 0.6) is 5.75 Å². The van der Waals surface area contributed by atoms with Crippen molar-refractivity contribution in [2.24, 2.45) is 40.9 Å². The highest BCUT2D eigenvalue weighted by atomic mass is 33.1. The van der Waals surface area contributed by atoms with Gasteiger partial charge in [0.1, 0.15) is 23.9 Å². The van der Waals surface area contributed by atoms with Crippen LogP contribution in [-0.4, -0.2) is 118 Å². The summed E-state index contributed by atoms with van der Waals surface area (Å²) in [5.41, 5.74) is 19.3. The number of phenols is 1. The van der Waals surface area contributed by atoms with Crippen molar-refractivity contribution < 1.29 is 48.6 Å². The zero-order chi connectivity index (χ0) is 53.9. The molecule has 20 heteroatoms. The van der Waals surface area contributed by atoms with E-state index in [1.807, 2.05) is 42.5 Å². The molecule has 0 radical (unpaired) electrons. The summed E-state index contributed by atoms with van der Waals surface area (Å²) in [5.74, 6) is -8.10. The third-order valence-corrected chi connectivity index (χ3v) is 16.3. The minimum absolute atomic E-state index is 0.00321. The maximum atomic E-state index is 14.8. The molecule has 404 valence electrons. The summed E-state index contributed by atoms with van der Waals surface area (Å²) in [7, 11) is 2.24. The number of nitrogens with two attached hydrogens (primary N) is 3. The summed E-state index contributed by atoms with van der Waals surface area (Å²) in [6.45, 7) is 5.06. The van der Waals surface area contributed by atoms with Crippen molar-refractivity contribution in [1.82, 2.24) is 26.6 Å². The molecule has 1 aliphatic carbocycles. The molecule has 2 aliphatic rings. The van der Waals surface area contributed by atoms with Crippen LogP contribution in [0.4, 0.5) is 0 Å². The highest BCUT2D eigenvalue weighted by molar-refractivity contribution is 8.76. The Bertz CT molecular complexity index is 2400. The molecule has 0 bridgehead atoms. The molecule has 0 aromatic heterocycles. The number of ketones is 2. The monoisotopic (exact) mass is 1060 g/mol. The molecule has 1 aliphatic heterocycles. The summed E-state index contributed by atoms with van der Waals surface area (Å²) in [5, 5.41) is 36.4. The second-order valence-corrected chi connectivity index (χ2v) is 22.8. The quantitative estimate of drug-likeness (QED) is 0.0686. The molecule has 74 heavy (non-hydrogen) atoms.